The number of carbonyl (C=O) groups excluding carboxylic acids is 2. The second kappa shape index (κ2) is 6.72. The van der Waals surface area contributed by atoms with Crippen molar-refractivity contribution in [2.45, 2.75) is 39.2 Å². The molecule has 0 bridgehead atoms. The Morgan fingerprint density at radius 2 is 2.14 bits per heavy atom. The third-order valence-corrected chi connectivity index (χ3v) is 3.89. The molecule has 0 spiro atoms. The van der Waals surface area contributed by atoms with E-state index in [1.54, 1.807) is 11.0 Å². The molecule has 1 heterocycles. The van der Waals surface area contributed by atoms with Crippen LogP contribution in [0, 0.1) is 0 Å². The average Bonchev–Trinajstić information content (AvgIpc) is 2.94. The van der Waals surface area contributed by atoms with Crippen molar-refractivity contribution in [3.05, 3.63) is 29.3 Å². The molecular weight excluding hydrogens is 268 g/mol. The molecule has 1 unspecified atom stereocenters. The maximum atomic E-state index is 12.1. The lowest BCUT2D eigenvalue weighted by Gasteiger charge is -2.17. The van der Waals surface area contributed by atoms with Gasteiger partial charge in [0.2, 0.25) is 5.91 Å². The van der Waals surface area contributed by atoms with Gasteiger partial charge < -0.3 is 15.3 Å². The number of anilines is 1. The van der Waals surface area contributed by atoms with Crippen molar-refractivity contribution in [1.29, 1.82) is 0 Å². The topological polar surface area (TPSA) is 69.6 Å². The maximum Gasteiger partial charge on any atom is 0.251 e. The molecule has 114 valence electrons. The number of hydrogen-bond donors (Lipinski definition) is 2. The molecule has 5 heteroatoms. The van der Waals surface area contributed by atoms with Gasteiger partial charge in [-0.1, -0.05) is 13.8 Å². The van der Waals surface area contributed by atoms with Crippen molar-refractivity contribution in [2.75, 3.05) is 18.1 Å². The summed E-state index contributed by atoms with van der Waals surface area (Å²) in [5, 5.41) is 11.9. The van der Waals surface area contributed by atoms with Crippen LogP contribution in [0.15, 0.2) is 18.2 Å². The van der Waals surface area contributed by atoms with Crippen LogP contribution in [0.3, 0.4) is 0 Å². The zero-order chi connectivity index (χ0) is 15.4. The molecule has 0 fully saturated rings. The van der Waals surface area contributed by atoms with Gasteiger partial charge in [-0.3, -0.25) is 9.59 Å². The molecule has 0 radical (unpaired) electrons. The van der Waals surface area contributed by atoms with E-state index in [1.807, 2.05) is 26.0 Å². The van der Waals surface area contributed by atoms with Crippen LogP contribution in [0.25, 0.3) is 0 Å². The molecule has 0 saturated carbocycles. The molecule has 0 saturated heterocycles. The Labute approximate surface area is 125 Å². The maximum absolute atomic E-state index is 12.1. The van der Waals surface area contributed by atoms with Crippen molar-refractivity contribution >= 4 is 17.5 Å². The van der Waals surface area contributed by atoms with E-state index in [0.29, 0.717) is 24.9 Å². The minimum atomic E-state index is -0.219. The van der Waals surface area contributed by atoms with Crippen molar-refractivity contribution in [3.63, 3.8) is 0 Å². The van der Waals surface area contributed by atoms with Crippen LogP contribution >= 0.6 is 0 Å². The average molecular weight is 290 g/mol. The first kappa shape index (κ1) is 15.5. The summed E-state index contributed by atoms with van der Waals surface area (Å²) in [5.41, 5.74) is 2.51. The van der Waals surface area contributed by atoms with Crippen molar-refractivity contribution in [3.8, 4) is 0 Å². The molecule has 2 amide bonds. The van der Waals surface area contributed by atoms with E-state index in [-0.39, 0.29) is 24.5 Å². The molecule has 2 N–H and O–H groups in total. The summed E-state index contributed by atoms with van der Waals surface area (Å²) in [5.74, 6) is -0.0729. The predicted molar refractivity (Wildman–Crippen MR) is 81.4 cm³/mol. The minimum absolute atomic E-state index is 0.0635. The van der Waals surface area contributed by atoms with Crippen LogP contribution in [0.5, 0.6) is 0 Å². The van der Waals surface area contributed by atoms with Crippen LogP contribution in [-0.4, -0.2) is 36.1 Å². The SMILES string of the molecule is CCC(=O)N1CCc2cc(C(=O)NC(CC)CO)ccc21. The van der Waals surface area contributed by atoms with E-state index >= 15 is 0 Å². The van der Waals surface area contributed by atoms with Gasteiger partial charge in [-0.25, -0.2) is 0 Å². The Morgan fingerprint density at radius 1 is 1.38 bits per heavy atom. The summed E-state index contributed by atoms with van der Waals surface area (Å²) in [6.45, 7) is 4.38. The van der Waals surface area contributed by atoms with Gasteiger partial charge >= 0.3 is 0 Å². The van der Waals surface area contributed by atoms with Crippen LogP contribution in [0.1, 0.15) is 42.6 Å². The second-order valence-corrected chi connectivity index (χ2v) is 5.25. The van der Waals surface area contributed by atoms with Crippen LogP contribution in [0.2, 0.25) is 0 Å². The highest BCUT2D eigenvalue weighted by atomic mass is 16.3. The lowest BCUT2D eigenvalue weighted by Crippen LogP contribution is -2.36. The number of fused-ring (bicyclic) bond motifs is 1. The van der Waals surface area contributed by atoms with E-state index in [0.717, 1.165) is 17.7 Å². The summed E-state index contributed by atoms with van der Waals surface area (Å²) in [7, 11) is 0. The molecule has 1 aromatic rings. The molecule has 1 aliphatic rings. The molecule has 0 aromatic heterocycles. The second-order valence-electron chi connectivity index (χ2n) is 5.25. The zero-order valence-corrected chi connectivity index (χ0v) is 12.6. The lowest BCUT2D eigenvalue weighted by molar-refractivity contribution is -0.118. The van der Waals surface area contributed by atoms with E-state index in [2.05, 4.69) is 5.32 Å². The van der Waals surface area contributed by atoms with Crippen molar-refractivity contribution in [1.82, 2.24) is 5.32 Å². The van der Waals surface area contributed by atoms with E-state index in [9.17, 15) is 9.59 Å². The number of rotatable bonds is 5. The summed E-state index contributed by atoms with van der Waals surface area (Å²) in [4.78, 5) is 25.8. The summed E-state index contributed by atoms with van der Waals surface area (Å²) in [6, 6.07) is 5.20. The predicted octanol–water partition coefficient (Wildman–Crippen LogP) is 1.49. The van der Waals surface area contributed by atoms with Gasteiger partial charge in [0.05, 0.1) is 12.6 Å². The Bertz CT molecular complexity index is 538. The number of nitrogens with zero attached hydrogens (tertiary/aromatic N) is 1. The smallest absolute Gasteiger partial charge is 0.251 e. The number of amides is 2. The Balaban J connectivity index is 2.15. The quantitative estimate of drug-likeness (QED) is 0.863. The zero-order valence-electron chi connectivity index (χ0n) is 12.6. The third kappa shape index (κ3) is 3.24. The molecule has 0 aliphatic carbocycles. The molecule has 5 nitrogen and oxygen atoms in total. The normalized spacial score (nSPS) is 14.7. The largest absolute Gasteiger partial charge is 0.394 e. The molecule has 2 rings (SSSR count). The summed E-state index contributed by atoms with van der Waals surface area (Å²) < 4.78 is 0. The first-order valence-electron chi connectivity index (χ1n) is 7.45. The Morgan fingerprint density at radius 3 is 2.76 bits per heavy atom. The first-order valence-corrected chi connectivity index (χ1v) is 7.45. The standard InChI is InChI=1S/C16H22N2O3/c1-3-13(10-19)17-16(21)12-5-6-14-11(9-12)7-8-18(14)15(20)4-2/h5-6,9,13,19H,3-4,7-8,10H2,1-2H3,(H,17,21). The Kier molecular flexibility index (Phi) is 4.96. The van der Waals surface area contributed by atoms with Gasteiger partial charge in [0.25, 0.3) is 5.91 Å². The monoisotopic (exact) mass is 290 g/mol. The van der Waals surface area contributed by atoms with E-state index in [1.165, 1.54) is 0 Å². The van der Waals surface area contributed by atoms with Crippen LogP contribution in [0.4, 0.5) is 5.69 Å². The van der Waals surface area contributed by atoms with Gasteiger partial charge in [0.1, 0.15) is 0 Å². The number of hydrogen-bond acceptors (Lipinski definition) is 3. The summed E-state index contributed by atoms with van der Waals surface area (Å²) >= 11 is 0. The fraction of sp³-hybridized carbons (Fsp3) is 0.500. The van der Waals surface area contributed by atoms with Crippen molar-refractivity contribution in [2.24, 2.45) is 0 Å². The fourth-order valence-electron chi connectivity index (χ4n) is 2.54. The van der Waals surface area contributed by atoms with E-state index in [4.69, 9.17) is 5.11 Å². The van der Waals surface area contributed by atoms with Gasteiger partial charge in [-0.05, 0) is 36.6 Å². The fourth-order valence-corrected chi connectivity index (χ4v) is 2.54. The molecule has 21 heavy (non-hydrogen) atoms. The van der Waals surface area contributed by atoms with Gasteiger partial charge in [-0.15, -0.1) is 0 Å². The first-order chi connectivity index (χ1) is 10.1. The van der Waals surface area contributed by atoms with Crippen LogP contribution in [-0.2, 0) is 11.2 Å². The highest BCUT2D eigenvalue weighted by Gasteiger charge is 2.24. The number of carbonyl (C=O) groups is 2. The van der Waals surface area contributed by atoms with Crippen LogP contribution < -0.4 is 10.2 Å². The van der Waals surface area contributed by atoms with Crippen molar-refractivity contribution < 1.29 is 14.7 Å². The highest BCUT2D eigenvalue weighted by molar-refractivity contribution is 5.98. The van der Waals surface area contributed by atoms with Gasteiger partial charge in [-0.2, -0.15) is 0 Å². The number of aliphatic hydroxyl groups is 1. The molecular formula is C16H22N2O3. The lowest BCUT2D eigenvalue weighted by atomic mass is 10.1. The number of benzene rings is 1. The summed E-state index contributed by atoms with van der Waals surface area (Å²) in [6.07, 6.45) is 1.95. The van der Waals surface area contributed by atoms with Gasteiger partial charge in [0, 0.05) is 24.2 Å². The number of aliphatic hydroxyl groups excluding tert-OH is 1. The molecule has 1 aromatic carbocycles. The highest BCUT2D eigenvalue weighted by Crippen LogP contribution is 2.29. The molecule has 1 atom stereocenters. The Hall–Kier alpha value is -1.88. The molecule has 1 aliphatic heterocycles. The van der Waals surface area contributed by atoms with Gasteiger partial charge in [0.15, 0.2) is 0 Å². The third-order valence-electron chi connectivity index (χ3n) is 3.89. The van der Waals surface area contributed by atoms with E-state index < -0.39 is 0 Å². The minimum Gasteiger partial charge on any atom is -0.394 e. The number of nitrogens with one attached hydrogen (secondary N) is 1.